The highest BCUT2D eigenvalue weighted by molar-refractivity contribution is 5.86. The first-order valence-corrected chi connectivity index (χ1v) is 12.3. The number of rotatable bonds is 8. The second-order valence-corrected chi connectivity index (χ2v) is 9.55. The van der Waals surface area contributed by atoms with Crippen LogP contribution in [0.3, 0.4) is 0 Å². The summed E-state index contributed by atoms with van der Waals surface area (Å²) in [4.78, 5) is 22.6. The first kappa shape index (κ1) is 22.7. The minimum Gasteiger partial charge on any atom is -0.490 e. The van der Waals surface area contributed by atoms with Gasteiger partial charge in [0.1, 0.15) is 18.5 Å². The molecular weight excluding hydrogens is 428 g/mol. The van der Waals surface area contributed by atoms with E-state index in [9.17, 15) is 9.90 Å². The van der Waals surface area contributed by atoms with Crippen molar-refractivity contribution < 1.29 is 14.6 Å². The Balaban J connectivity index is 1.07. The number of nitrogens with zero attached hydrogens (tertiary/aromatic N) is 3. The zero-order chi connectivity index (χ0) is 23.5. The monoisotopic (exact) mass is 462 g/mol. The highest BCUT2D eigenvalue weighted by Gasteiger charge is 2.35. The molecule has 0 radical (unpaired) electrons. The minimum absolute atomic E-state index is 0.157. The Hall–Kier alpha value is -3.03. The molecule has 1 unspecified atom stereocenters. The maximum Gasteiger partial charge on any atom is 0.320 e. The van der Waals surface area contributed by atoms with Crippen molar-refractivity contribution in [2.24, 2.45) is 0 Å². The van der Waals surface area contributed by atoms with E-state index in [2.05, 4.69) is 33.0 Å². The number of fused-ring (bicyclic) bond motifs is 1. The Bertz CT molecular complexity index is 1110. The summed E-state index contributed by atoms with van der Waals surface area (Å²) in [5, 5.41) is 11.6. The lowest BCUT2D eigenvalue weighted by atomic mass is 10.0. The van der Waals surface area contributed by atoms with Crippen LogP contribution >= 0.6 is 0 Å². The fourth-order valence-corrected chi connectivity index (χ4v) is 5.23. The number of aromatic nitrogens is 1. The number of amides is 2. The summed E-state index contributed by atoms with van der Waals surface area (Å²) in [6.07, 6.45) is 1.34. The number of benzene rings is 2. The summed E-state index contributed by atoms with van der Waals surface area (Å²) in [6, 6.07) is 18.6. The molecule has 7 nitrogen and oxygen atoms in total. The SMILES string of the molecule is Cc1cc2c(OCC(O)CN3CCC(N4CCN(Cc5ccccc5)C4=O)CC3)cccc2[nH]1. The number of aliphatic hydroxyl groups is 1. The molecule has 0 saturated carbocycles. The van der Waals surface area contributed by atoms with Gasteiger partial charge in [0.2, 0.25) is 0 Å². The highest BCUT2D eigenvalue weighted by Crippen LogP contribution is 2.27. The van der Waals surface area contributed by atoms with Crippen molar-refractivity contribution in [2.45, 2.75) is 38.5 Å². The van der Waals surface area contributed by atoms with E-state index in [1.165, 1.54) is 5.56 Å². The lowest BCUT2D eigenvalue weighted by molar-refractivity contribution is 0.0508. The molecule has 3 heterocycles. The average Bonchev–Trinajstić information content (AvgIpc) is 3.41. The number of hydrogen-bond donors (Lipinski definition) is 2. The van der Waals surface area contributed by atoms with Gasteiger partial charge in [0.15, 0.2) is 0 Å². The number of urea groups is 1. The van der Waals surface area contributed by atoms with Gasteiger partial charge in [-0.15, -0.1) is 0 Å². The van der Waals surface area contributed by atoms with Gasteiger partial charge in [-0.2, -0.15) is 0 Å². The van der Waals surface area contributed by atoms with Gasteiger partial charge in [-0.05, 0) is 43.5 Å². The number of aliphatic hydroxyl groups excluding tert-OH is 1. The molecule has 2 N–H and O–H groups in total. The second kappa shape index (κ2) is 10.1. The quantitative estimate of drug-likeness (QED) is 0.536. The molecule has 0 spiro atoms. The largest absolute Gasteiger partial charge is 0.490 e. The number of ether oxygens (including phenoxy) is 1. The van der Waals surface area contributed by atoms with Crippen molar-refractivity contribution in [3.63, 3.8) is 0 Å². The van der Waals surface area contributed by atoms with E-state index < -0.39 is 6.10 Å². The number of β-amino-alcohol motifs (C(OH)–C–C–N with tert-alkyl or cyclic N) is 1. The average molecular weight is 463 g/mol. The number of carbonyl (C=O) groups excluding carboxylic acids is 1. The van der Waals surface area contributed by atoms with Gasteiger partial charge < -0.3 is 29.5 Å². The molecular formula is C27H34N4O3. The van der Waals surface area contributed by atoms with Gasteiger partial charge in [0.05, 0.1) is 0 Å². The van der Waals surface area contributed by atoms with Crippen LogP contribution in [0.1, 0.15) is 24.1 Å². The lowest BCUT2D eigenvalue weighted by Crippen LogP contribution is -2.48. The van der Waals surface area contributed by atoms with Crippen LogP contribution < -0.4 is 4.74 Å². The molecule has 2 amide bonds. The molecule has 0 aliphatic carbocycles. The number of hydrogen-bond acceptors (Lipinski definition) is 4. The zero-order valence-corrected chi connectivity index (χ0v) is 19.8. The summed E-state index contributed by atoms with van der Waals surface area (Å²) in [7, 11) is 0. The van der Waals surface area contributed by atoms with Crippen LogP contribution in [0.5, 0.6) is 5.75 Å². The summed E-state index contributed by atoms with van der Waals surface area (Å²) in [6.45, 7) is 6.92. The van der Waals surface area contributed by atoms with Crippen molar-refractivity contribution >= 4 is 16.9 Å². The molecule has 0 bridgehead atoms. The molecule has 2 saturated heterocycles. The van der Waals surface area contributed by atoms with Crippen LogP contribution in [0.15, 0.2) is 54.6 Å². The number of aryl methyl sites for hydroxylation is 1. The third kappa shape index (κ3) is 5.05. The molecule has 34 heavy (non-hydrogen) atoms. The van der Waals surface area contributed by atoms with Crippen molar-refractivity contribution in [2.75, 3.05) is 39.3 Å². The molecule has 2 aromatic carbocycles. The van der Waals surface area contributed by atoms with Crippen LogP contribution in [0, 0.1) is 6.92 Å². The van der Waals surface area contributed by atoms with Gasteiger partial charge in [0.25, 0.3) is 0 Å². The van der Waals surface area contributed by atoms with E-state index in [0.717, 1.165) is 61.4 Å². The smallest absolute Gasteiger partial charge is 0.320 e. The molecule has 5 rings (SSSR count). The molecule has 2 aliphatic heterocycles. The maximum atomic E-state index is 13.0. The van der Waals surface area contributed by atoms with Crippen LogP contribution in [-0.2, 0) is 6.54 Å². The number of H-pyrrole nitrogens is 1. The van der Waals surface area contributed by atoms with Crippen molar-refractivity contribution in [1.29, 1.82) is 0 Å². The number of piperidine rings is 1. The Morgan fingerprint density at radius 1 is 1.06 bits per heavy atom. The van der Waals surface area contributed by atoms with Gasteiger partial charge in [-0.1, -0.05) is 36.4 Å². The van der Waals surface area contributed by atoms with Crippen molar-refractivity contribution in [3.05, 3.63) is 65.9 Å². The number of likely N-dealkylation sites (tertiary alicyclic amines) is 1. The van der Waals surface area contributed by atoms with E-state index >= 15 is 0 Å². The molecule has 2 aliphatic rings. The molecule has 3 aromatic rings. The Kier molecular flexibility index (Phi) is 6.74. The van der Waals surface area contributed by atoms with Crippen LogP contribution in [0.25, 0.3) is 10.9 Å². The topological polar surface area (TPSA) is 72.0 Å². The Morgan fingerprint density at radius 3 is 2.65 bits per heavy atom. The summed E-state index contributed by atoms with van der Waals surface area (Å²) in [5.74, 6) is 0.798. The van der Waals surface area contributed by atoms with E-state index in [-0.39, 0.29) is 18.7 Å². The highest BCUT2D eigenvalue weighted by atomic mass is 16.5. The third-order valence-corrected chi connectivity index (χ3v) is 7.00. The first-order chi connectivity index (χ1) is 16.6. The number of nitrogens with one attached hydrogen (secondary N) is 1. The normalized spacial score (nSPS) is 18.7. The van der Waals surface area contributed by atoms with Gasteiger partial charge >= 0.3 is 6.03 Å². The van der Waals surface area contributed by atoms with E-state index in [1.54, 1.807) is 0 Å². The number of aromatic amines is 1. The van der Waals surface area contributed by atoms with Crippen LogP contribution in [0.2, 0.25) is 0 Å². The fraction of sp³-hybridized carbons (Fsp3) is 0.444. The molecule has 180 valence electrons. The van der Waals surface area contributed by atoms with Crippen LogP contribution in [0.4, 0.5) is 4.79 Å². The first-order valence-electron chi connectivity index (χ1n) is 12.3. The van der Waals surface area contributed by atoms with Crippen LogP contribution in [-0.4, -0.2) is 82.3 Å². The Morgan fingerprint density at radius 2 is 1.85 bits per heavy atom. The van der Waals surface area contributed by atoms with Gasteiger partial charge in [-0.3, -0.25) is 0 Å². The second-order valence-electron chi connectivity index (χ2n) is 9.55. The predicted octanol–water partition coefficient (Wildman–Crippen LogP) is 3.62. The summed E-state index contributed by atoms with van der Waals surface area (Å²) in [5.41, 5.74) is 3.31. The standard InChI is InChI=1S/C27H34N4O3/c1-20-16-24-25(28-20)8-5-9-26(24)34-19-23(32)18-29-12-10-22(11-13-29)31-15-14-30(27(31)33)17-21-6-3-2-4-7-21/h2-9,16,22-23,28,32H,10-15,17-19H2,1H3. The molecule has 1 atom stereocenters. The summed E-state index contributed by atoms with van der Waals surface area (Å²) < 4.78 is 5.96. The van der Waals surface area contributed by atoms with E-state index in [0.29, 0.717) is 13.1 Å². The van der Waals surface area contributed by atoms with E-state index in [1.807, 2.05) is 48.2 Å². The zero-order valence-electron chi connectivity index (χ0n) is 19.8. The number of carbonyl (C=O) groups is 1. The third-order valence-electron chi connectivity index (χ3n) is 7.00. The molecule has 2 fully saturated rings. The summed E-state index contributed by atoms with van der Waals surface area (Å²) >= 11 is 0. The molecule has 1 aromatic heterocycles. The van der Waals surface area contributed by atoms with E-state index in [4.69, 9.17) is 4.74 Å². The predicted molar refractivity (Wildman–Crippen MR) is 133 cm³/mol. The van der Waals surface area contributed by atoms with Gasteiger partial charge in [-0.25, -0.2) is 4.79 Å². The minimum atomic E-state index is -0.554. The van der Waals surface area contributed by atoms with Crippen molar-refractivity contribution in [1.82, 2.24) is 19.7 Å². The van der Waals surface area contributed by atoms with Crippen molar-refractivity contribution in [3.8, 4) is 5.75 Å². The lowest BCUT2D eigenvalue weighted by Gasteiger charge is -2.37. The Labute approximate surface area is 200 Å². The fourth-order valence-electron chi connectivity index (χ4n) is 5.23. The maximum absolute atomic E-state index is 13.0. The molecule has 7 heteroatoms. The van der Waals surface area contributed by atoms with Gasteiger partial charge in [0, 0.05) is 61.9 Å².